The van der Waals surface area contributed by atoms with E-state index in [1.165, 1.54) is 13.5 Å². The lowest BCUT2D eigenvalue weighted by molar-refractivity contribution is -0.146. The molecule has 2 fully saturated rings. The van der Waals surface area contributed by atoms with Gasteiger partial charge in [0.05, 0.1) is 7.11 Å². The molecule has 1 saturated heterocycles. The zero-order valence-corrected chi connectivity index (χ0v) is 12.8. The molecule has 2 aliphatic rings. The molecule has 0 spiro atoms. The normalized spacial score (nSPS) is 29.8. The topological polar surface area (TPSA) is 55.8 Å². The summed E-state index contributed by atoms with van der Waals surface area (Å²) in [6.07, 6.45) is 4.64. The molecule has 2 rings (SSSR count). The first kappa shape index (κ1) is 15.1. The summed E-state index contributed by atoms with van der Waals surface area (Å²) in [7, 11) is 1.37. The van der Waals surface area contributed by atoms with Crippen molar-refractivity contribution in [3.8, 4) is 0 Å². The van der Waals surface area contributed by atoms with Gasteiger partial charge in [-0.05, 0) is 46.0 Å². The van der Waals surface area contributed by atoms with E-state index in [4.69, 9.17) is 9.47 Å². The summed E-state index contributed by atoms with van der Waals surface area (Å²) < 4.78 is 10.3. The molecule has 0 aromatic carbocycles. The highest BCUT2D eigenvalue weighted by molar-refractivity contribution is 5.82. The highest BCUT2D eigenvalue weighted by Crippen LogP contribution is 2.40. The van der Waals surface area contributed by atoms with Gasteiger partial charge in [0.2, 0.25) is 0 Å². The fraction of sp³-hybridized carbons (Fsp3) is 0.867. The minimum atomic E-state index is -0.551. The van der Waals surface area contributed by atoms with Crippen molar-refractivity contribution in [2.45, 2.75) is 70.6 Å². The van der Waals surface area contributed by atoms with Gasteiger partial charge in [0.15, 0.2) is 0 Å². The minimum absolute atomic E-state index is 0.127. The van der Waals surface area contributed by atoms with Crippen molar-refractivity contribution in [3.05, 3.63) is 0 Å². The zero-order chi connectivity index (χ0) is 14.9. The second kappa shape index (κ2) is 5.62. The van der Waals surface area contributed by atoms with Crippen molar-refractivity contribution in [1.29, 1.82) is 0 Å². The van der Waals surface area contributed by atoms with Gasteiger partial charge in [-0.15, -0.1) is 0 Å². The zero-order valence-electron chi connectivity index (χ0n) is 12.8. The molecule has 0 aromatic heterocycles. The molecule has 0 N–H and O–H groups in total. The van der Waals surface area contributed by atoms with Crippen LogP contribution < -0.4 is 0 Å². The van der Waals surface area contributed by atoms with Crippen LogP contribution in [-0.2, 0) is 14.3 Å². The molecule has 0 unspecified atom stereocenters. The van der Waals surface area contributed by atoms with Gasteiger partial charge in [-0.25, -0.2) is 9.59 Å². The SMILES string of the molecule is COC(=O)[C@@H]1C[C@@H]2CCCC[C@H]2N1C(=O)OC(C)(C)C. The van der Waals surface area contributed by atoms with Crippen molar-refractivity contribution >= 4 is 12.1 Å². The summed E-state index contributed by atoms with van der Waals surface area (Å²) in [6, 6.07) is -0.356. The first-order chi connectivity index (χ1) is 9.33. The fourth-order valence-electron chi connectivity index (χ4n) is 3.38. The van der Waals surface area contributed by atoms with Crippen molar-refractivity contribution in [3.63, 3.8) is 0 Å². The van der Waals surface area contributed by atoms with Crippen LogP contribution in [0.25, 0.3) is 0 Å². The van der Waals surface area contributed by atoms with Gasteiger partial charge in [0, 0.05) is 6.04 Å². The summed E-state index contributed by atoms with van der Waals surface area (Å²) in [6.45, 7) is 5.52. The molecule has 5 heteroatoms. The van der Waals surface area contributed by atoms with E-state index in [1.54, 1.807) is 4.90 Å². The van der Waals surface area contributed by atoms with E-state index < -0.39 is 11.6 Å². The van der Waals surface area contributed by atoms with E-state index >= 15 is 0 Å². The molecule has 1 saturated carbocycles. The Labute approximate surface area is 120 Å². The molecule has 0 aromatic rings. The van der Waals surface area contributed by atoms with Crippen LogP contribution >= 0.6 is 0 Å². The summed E-state index contributed by atoms with van der Waals surface area (Å²) in [5.41, 5.74) is -0.551. The van der Waals surface area contributed by atoms with Crippen LogP contribution in [0.4, 0.5) is 4.79 Å². The number of fused-ring (bicyclic) bond motifs is 1. The largest absolute Gasteiger partial charge is 0.467 e. The van der Waals surface area contributed by atoms with E-state index in [9.17, 15) is 9.59 Å². The Balaban J connectivity index is 2.19. The van der Waals surface area contributed by atoms with Crippen LogP contribution in [0.3, 0.4) is 0 Å². The van der Waals surface area contributed by atoms with Crippen LogP contribution in [0, 0.1) is 5.92 Å². The summed E-state index contributed by atoms with van der Waals surface area (Å²) in [5, 5.41) is 0. The van der Waals surface area contributed by atoms with Crippen LogP contribution in [0.2, 0.25) is 0 Å². The lowest BCUT2D eigenvalue weighted by Crippen LogP contribution is -2.48. The van der Waals surface area contributed by atoms with Gasteiger partial charge in [-0.3, -0.25) is 4.90 Å². The average Bonchev–Trinajstić information content (AvgIpc) is 2.75. The molecule has 114 valence electrons. The highest BCUT2D eigenvalue weighted by atomic mass is 16.6. The minimum Gasteiger partial charge on any atom is -0.467 e. The van der Waals surface area contributed by atoms with Crippen LogP contribution in [0.5, 0.6) is 0 Å². The van der Waals surface area contributed by atoms with Crippen molar-refractivity contribution in [2.75, 3.05) is 7.11 Å². The predicted molar refractivity (Wildman–Crippen MR) is 74.2 cm³/mol. The lowest BCUT2D eigenvalue weighted by atomic mass is 9.85. The third kappa shape index (κ3) is 3.07. The number of likely N-dealkylation sites (tertiary alicyclic amines) is 1. The maximum atomic E-state index is 12.4. The molecule has 1 heterocycles. The molecule has 1 amide bonds. The molecule has 3 atom stereocenters. The fourth-order valence-corrected chi connectivity index (χ4v) is 3.38. The molecule has 5 nitrogen and oxygen atoms in total. The molecular formula is C15H25NO4. The van der Waals surface area contributed by atoms with Crippen LogP contribution in [-0.4, -0.2) is 41.8 Å². The Morgan fingerprint density at radius 3 is 2.40 bits per heavy atom. The van der Waals surface area contributed by atoms with Gasteiger partial charge in [-0.1, -0.05) is 12.8 Å². The van der Waals surface area contributed by atoms with E-state index in [1.807, 2.05) is 20.8 Å². The summed E-state index contributed by atoms with van der Waals surface area (Å²) in [5.74, 6) is 0.0747. The van der Waals surface area contributed by atoms with Gasteiger partial charge >= 0.3 is 12.1 Å². The summed E-state index contributed by atoms with van der Waals surface area (Å²) >= 11 is 0. The van der Waals surface area contributed by atoms with Gasteiger partial charge in [0.1, 0.15) is 11.6 Å². The second-order valence-corrected chi connectivity index (χ2v) is 6.77. The number of carbonyl (C=O) groups is 2. The third-order valence-corrected chi connectivity index (χ3v) is 4.17. The number of nitrogens with zero attached hydrogens (tertiary/aromatic N) is 1. The Bertz CT molecular complexity index is 388. The maximum Gasteiger partial charge on any atom is 0.411 e. The van der Waals surface area contributed by atoms with E-state index in [-0.39, 0.29) is 18.1 Å². The van der Waals surface area contributed by atoms with Gasteiger partial charge in [0.25, 0.3) is 0 Å². The predicted octanol–water partition coefficient (Wildman–Crippen LogP) is 2.73. The molecule has 0 bridgehead atoms. The number of hydrogen-bond acceptors (Lipinski definition) is 4. The standard InChI is InChI=1S/C15H25NO4/c1-15(2,3)20-14(18)16-11-8-6-5-7-10(11)9-12(16)13(17)19-4/h10-12H,5-9H2,1-4H3/t10-,11+,12-/m0/s1. The Hall–Kier alpha value is -1.26. The van der Waals surface area contributed by atoms with Crippen molar-refractivity contribution < 1.29 is 19.1 Å². The van der Waals surface area contributed by atoms with Gasteiger partial charge < -0.3 is 9.47 Å². The Kier molecular flexibility index (Phi) is 4.25. The molecule has 20 heavy (non-hydrogen) atoms. The molecular weight excluding hydrogens is 258 g/mol. The monoisotopic (exact) mass is 283 g/mol. The number of hydrogen-bond donors (Lipinski definition) is 0. The summed E-state index contributed by atoms with van der Waals surface area (Å²) in [4.78, 5) is 26.0. The van der Waals surface area contributed by atoms with Gasteiger partial charge in [-0.2, -0.15) is 0 Å². The average molecular weight is 283 g/mol. The molecule has 1 aliphatic carbocycles. The van der Waals surface area contributed by atoms with E-state index in [0.717, 1.165) is 19.3 Å². The number of esters is 1. The second-order valence-electron chi connectivity index (χ2n) is 6.77. The smallest absolute Gasteiger partial charge is 0.411 e. The first-order valence-electron chi connectivity index (χ1n) is 7.42. The maximum absolute atomic E-state index is 12.4. The van der Waals surface area contributed by atoms with Crippen LogP contribution in [0.1, 0.15) is 52.9 Å². The Morgan fingerprint density at radius 2 is 1.80 bits per heavy atom. The Morgan fingerprint density at radius 1 is 1.15 bits per heavy atom. The van der Waals surface area contributed by atoms with E-state index in [0.29, 0.717) is 12.3 Å². The van der Waals surface area contributed by atoms with E-state index in [2.05, 4.69) is 0 Å². The lowest BCUT2D eigenvalue weighted by Gasteiger charge is -2.34. The first-order valence-corrected chi connectivity index (χ1v) is 7.42. The number of methoxy groups -OCH3 is 1. The van der Waals surface area contributed by atoms with Crippen LogP contribution in [0.15, 0.2) is 0 Å². The number of amides is 1. The highest BCUT2D eigenvalue weighted by Gasteiger charge is 2.49. The number of ether oxygens (including phenoxy) is 2. The third-order valence-electron chi connectivity index (χ3n) is 4.17. The van der Waals surface area contributed by atoms with Crippen molar-refractivity contribution in [1.82, 2.24) is 4.90 Å². The van der Waals surface area contributed by atoms with Crippen molar-refractivity contribution in [2.24, 2.45) is 5.92 Å². The number of rotatable bonds is 1. The quantitative estimate of drug-likeness (QED) is 0.694. The molecule has 0 radical (unpaired) electrons. The molecule has 1 aliphatic heterocycles. The number of carbonyl (C=O) groups excluding carboxylic acids is 2.